The first kappa shape index (κ1) is 10.1. The largest absolute Gasteiger partial charge is 0.480 e. The van der Waals surface area contributed by atoms with E-state index >= 15 is 0 Å². The summed E-state index contributed by atoms with van der Waals surface area (Å²) < 4.78 is 0. The maximum Gasteiger partial charge on any atom is 0.316 e. The van der Waals surface area contributed by atoms with Crippen molar-refractivity contribution in [1.82, 2.24) is 0 Å². The van der Waals surface area contributed by atoms with Gasteiger partial charge in [-0.1, -0.05) is 24.3 Å². The zero-order valence-corrected chi connectivity index (χ0v) is 8.29. The molecule has 1 rings (SSSR count). The van der Waals surface area contributed by atoms with E-state index in [4.69, 9.17) is 5.11 Å². The van der Waals surface area contributed by atoms with Gasteiger partial charge in [0.15, 0.2) is 0 Å². The van der Waals surface area contributed by atoms with E-state index < -0.39 is 11.2 Å². The van der Waals surface area contributed by atoms with Crippen molar-refractivity contribution in [3.05, 3.63) is 35.4 Å². The second kappa shape index (κ2) is 4.33. The Morgan fingerprint density at radius 1 is 1.54 bits per heavy atom. The lowest BCUT2D eigenvalue weighted by Gasteiger charge is -2.07. The Morgan fingerprint density at radius 2 is 2.15 bits per heavy atom. The maximum absolute atomic E-state index is 10.5. The molecule has 70 valence electrons. The number of aliphatic carboxylic acids is 1. The molecule has 1 aromatic carbocycles. The van der Waals surface area contributed by atoms with Crippen molar-refractivity contribution >= 4 is 18.6 Å². The Morgan fingerprint density at radius 3 is 2.69 bits per heavy atom. The topological polar surface area (TPSA) is 37.3 Å². The van der Waals surface area contributed by atoms with E-state index in [1.54, 1.807) is 0 Å². The van der Waals surface area contributed by atoms with Crippen LogP contribution in [0.1, 0.15) is 11.1 Å². The van der Waals surface area contributed by atoms with Gasteiger partial charge in [0.25, 0.3) is 0 Å². The molecule has 0 spiro atoms. The predicted octanol–water partition coefficient (Wildman–Crippen LogP) is 1.92. The van der Waals surface area contributed by atoms with Crippen LogP contribution in [0.3, 0.4) is 0 Å². The quantitative estimate of drug-likeness (QED) is 0.725. The van der Waals surface area contributed by atoms with Crippen LogP contribution in [-0.2, 0) is 11.2 Å². The highest BCUT2D eigenvalue weighted by Gasteiger charge is 2.13. The summed E-state index contributed by atoms with van der Waals surface area (Å²) in [5.41, 5.74) is 2.16. The van der Waals surface area contributed by atoms with E-state index in [-0.39, 0.29) is 0 Å². The Bertz CT molecular complexity index is 310. The van der Waals surface area contributed by atoms with Crippen molar-refractivity contribution in [2.45, 2.75) is 18.6 Å². The molecule has 0 saturated carbocycles. The normalized spacial score (nSPS) is 12.5. The monoisotopic (exact) mass is 196 g/mol. The fourth-order valence-electron chi connectivity index (χ4n) is 1.13. The number of benzene rings is 1. The van der Waals surface area contributed by atoms with Crippen molar-refractivity contribution in [2.75, 3.05) is 0 Å². The van der Waals surface area contributed by atoms with E-state index in [0.717, 1.165) is 11.1 Å². The Labute approximate surface area is 83.0 Å². The van der Waals surface area contributed by atoms with Crippen LogP contribution in [0.4, 0.5) is 0 Å². The molecule has 1 atom stereocenters. The molecule has 0 aromatic heterocycles. The molecule has 0 saturated heterocycles. The van der Waals surface area contributed by atoms with Crippen LogP contribution >= 0.6 is 12.6 Å². The third kappa shape index (κ3) is 2.77. The molecule has 1 N–H and O–H groups in total. The molecular formula is C10H12O2S. The number of hydrogen-bond donors (Lipinski definition) is 2. The van der Waals surface area contributed by atoms with Crippen molar-refractivity contribution in [2.24, 2.45) is 0 Å². The van der Waals surface area contributed by atoms with Crippen molar-refractivity contribution < 1.29 is 9.90 Å². The van der Waals surface area contributed by atoms with Crippen LogP contribution in [-0.4, -0.2) is 16.3 Å². The van der Waals surface area contributed by atoms with Gasteiger partial charge in [0.2, 0.25) is 0 Å². The highest BCUT2D eigenvalue weighted by Crippen LogP contribution is 2.12. The average molecular weight is 196 g/mol. The van der Waals surface area contributed by atoms with Gasteiger partial charge < -0.3 is 5.11 Å². The molecule has 0 radical (unpaired) electrons. The van der Waals surface area contributed by atoms with E-state index in [2.05, 4.69) is 12.6 Å². The molecule has 13 heavy (non-hydrogen) atoms. The molecule has 0 aliphatic heterocycles. The first-order chi connectivity index (χ1) is 6.11. The fourth-order valence-corrected chi connectivity index (χ4v) is 1.33. The third-order valence-electron chi connectivity index (χ3n) is 1.96. The summed E-state index contributed by atoms with van der Waals surface area (Å²) in [6, 6.07) is 7.75. The minimum atomic E-state index is -0.869. The molecule has 1 aromatic rings. The summed E-state index contributed by atoms with van der Waals surface area (Å²) in [5, 5.41) is 8.05. The number of carboxylic acids is 1. The number of hydrogen-bond acceptors (Lipinski definition) is 2. The lowest BCUT2D eigenvalue weighted by atomic mass is 10.0. The van der Waals surface area contributed by atoms with Gasteiger partial charge in [-0.05, 0) is 24.5 Å². The summed E-state index contributed by atoms with van der Waals surface area (Å²) >= 11 is 3.98. The van der Waals surface area contributed by atoms with Gasteiger partial charge in [0.1, 0.15) is 5.25 Å². The van der Waals surface area contributed by atoms with Gasteiger partial charge in [-0.3, -0.25) is 4.79 Å². The van der Waals surface area contributed by atoms with Gasteiger partial charge >= 0.3 is 5.97 Å². The summed E-state index contributed by atoms with van der Waals surface area (Å²) in [6.45, 7) is 1.97. The lowest BCUT2D eigenvalue weighted by Crippen LogP contribution is -2.16. The second-order valence-electron chi connectivity index (χ2n) is 2.98. The number of rotatable bonds is 3. The minimum Gasteiger partial charge on any atom is -0.480 e. The van der Waals surface area contributed by atoms with Crippen LogP contribution in [0.15, 0.2) is 24.3 Å². The summed E-state index contributed by atoms with van der Waals surface area (Å²) in [7, 11) is 0. The van der Waals surface area contributed by atoms with Crippen molar-refractivity contribution in [3.8, 4) is 0 Å². The van der Waals surface area contributed by atoms with Gasteiger partial charge in [-0.25, -0.2) is 0 Å². The lowest BCUT2D eigenvalue weighted by molar-refractivity contribution is -0.136. The van der Waals surface area contributed by atoms with Gasteiger partial charge in [0, 0.05) is 0 Å². The van der Waals surface area contributed by atoms with E-state index in [9.17, 15) is 4.79 Å². The van der Waals surface area contributed by atoms with Crippen LogP contribution in [0.25, 0.3) is 0 Å². The van der Waals surface area contributed by atoms with Crippen LogP contribution in [0.5, 0.6) is 0 Å². The zero-order chi connectivity index (χ0) is 9.84. The first-order valence-corrected chi connectivity index (χ1v) is 4.58. The molecule has 3 heteroatoms. The van der Waals surface area contributed by atoms with Gasteiger partial charge in [-0.15, -0.1) is 0 Å². The Kier molecular flexibility index (Phi) is 3.37. The highest BCUT2D eigenvalue weighted by atomic mass is 32.1. The zero-order valence-electron chi connectivity index (χ0n) is 7.40. The molecule has 0 fully saturated rings. The van der Waals surface area contributed by atoms with Gasteiger partial charge in [0.05, 0.1) is 0 Å². The molecule has 0 amide bonds. The molecule has 0 aliphatic rings. The Balaban J connectivity index is 2.74. The second-order valence-corrected chi connectivity index (χ2v) is 3.61. The summed E-state index contributed by atoms with van der Waals surface area (Å²) in [5.74, 6) is -0.869. The third-order valence-corrected chi connectivity index (χ3v) is 2.36. The number of aryl methyl sites for hydroxylation is 1. The molecule has 0 bridgehead atoms. The number of thiol groups is 1. The smallest absolute Gasteiger partial charge is 0.316 e. The fraction of sp³-hybridized carbons (Fsp3) is 0.300. The average Bonchev–Trinajstić information content (AvgIpc) is 2.08. The molecule has 0 heterocycles. The van der Waals surface area contributed by atoms with E-state index in [1.165, 1.54) is 0 Å². The summed E-state index contributed by atoms with van der Waals surface area (Å²) in [4.78, 5) is 10.5. The molecule has 0 aliphatic carbocycles. The minimum absolute atomic E-state index is 0.477. The number of carboxylic acid groups (broad SMARTS) is 1. The number of carbonyl (C=O) groups is 1. The molecule has 2 nitrogen and oxygen atoms in total. The van der Waals surface area contributed by atoms with Crippen molar-refractivity contribution in [3.63, 3.8) is 0 Å². The van der Waals surface area contributed by atoms with Crippen LogP contribution in [0.2, 0.25) is 0 Å². The first-order valence-electron chi connectivity index (χ1n) is 4.06. The van der Waals surface area contributed by atoms with Crippen molar-refractivity contribution in [1.29, 1.82) is 0 Å². The molecular weight excluding hydrogens is 184 g/mol. The van der Waals surface area contributed by atoms with E-state index in [1.807, 2.05) is 31.2 Å². The standard InChI is InChI=1S/C10H12O2S/c1-7-4-2-3-5-8(7)6-9(13)10(11)12/h2-5,9,13H,6H2,1H3,(H,11,12). The van der Waals surface area contributed by atoms with Gasteiger partial charge in [-0.2, -0.15) is 12.6 Å². The molecule has 1 unspecified atom stereocenters. The Hall–Kier alpha value is -0.960. The predicted molar refractivity (Wildman–Crippen MR) is 55.3 cm³/mol. The SMILES string of the molecule is Cc1ccccc1CC(S)C(=O)O. The van der Waals surface area contributed by atoms with Crippen LogP contribution in [0, 0.1) is 6.92 Å². The maximum atomic E-state index is 10.5. The van der Waals surface area contributed by atoms with Crippen LogP contribution < -0.4 is 0 Å². The highest BCUT2D eigenvalue weighted by molar-refractivity contribution is 7.81. The van der Waals surface area contributed by atoms with E-state index in [0.29, 0.717) is 6.42 Å². The summed E-state index contributed by atoms with van der Waals surface area (Å²) in [6.07, 6.45) is 0.477.